The second-order valence-corrected chi connectivity index (χ2v) is 6.68. The molecule has 0 saturated carbocycles. The van der Waals surface area contributed by atoms with Crippen LogP contribution in [0.2, 0.25) is 0 Å². The monoisotopic (exact) mass is 339 g/mol. The van der Waals surface area contributed by atoms with Gasteiger partial charge in [0, 0.05) is 29.9 Å². The minimum absolute atomic E-state index is 0.101. The molecule has 0 saturated heterocycles. The summed E-state index contributed by atoms with van der Waals surface area (Å²) in [5.74, 6) is -0.183. The molecule has 0 unspecified atom stereocenters. The summed E-state index contributed by atoms with van der Waals surface area (Å²) in [4.78, 5) is 26.2. The zero-order chi connectivity index (χ0) is 18.2. The molecule has 0 aliphatic carbocycles. The maximum Gasteiger partial charge on any atom is 0.374 e. The predicted molar refractivity (Wildman–Crippen MR) is 94.7 cm³/mol. The number of rotatable bonds is 4. The molecule has 0 amide bonds. The van der Waals surface area contributed by atoms with Crippen LogP contribution in [0.25, 0.3) is 0 Å². The molecule has 5 nitrogen and oxygen atoms in total. The van der Waals surface area contributed by atoms with Gasteiger partial charge in [-0.05, 0) is 30.7 Å². The molecule has 2 heterocycles. The Balaban J connectivity index is 1.72. The summed E-state index contributed by atoms with van der Waals surface area (Å²) in [6, 6.07) is 11.3. The minimum Gasteiger partial charge on any atom is -0.454 e. The largest absolute Gasteiger partial charge is 0.454 e. The molecule has 0 spiro atoms. The molecule has 3 rings (SSSR count). The van der Waals surface area contributed by atoms with Crippen LogP contribution in [0.15, 0.2) is 52.6 Å². The van der Waals surface area contributed by atoms with Gasteiger partial charge < -0.3 is 14.1 Å². The van der Waals surface area contributed by atoms with Crippen LogP contribution in [0.4, 0.5) is 5.69 Å². The number of carbonyl (C=O) groups is 2. The summed E-state index contributed by atoms with van der Waals surface area (Å²) >= 11 is 0. The summed E-state index contributed by atoms with van der Waals surface area (Å²) in [6.45, 7) is 5.57. The summed E-state index contributed by atoms with van der Waals surface area (Å²) in [5, 5.41) is 0. The SMILES string of the molecule is Cc1ccc(C(=O)OCC(=O)/C=C2/N(C)c3ccccc3C2(C)C)o1. The highest BCUT2D eigenvalue weighted by Gasteiger charge is 2.38. The van der Waals surface area contributed by atoms with Crippen LogP contribution in [0, 0.1) is 6.92 Å². The van der Waals surface area contributed by atoms with Gasteiger partial charge in [-0.1, -0.05) is 32.0 Å². The second kappa shape index (κ2) is 6.24. The Labute approximate surface area is 146 Å². The lowest BCUT2D eigenvalue weighted by atomic mass is 9.83. The number of anilines is 1. The first-order valence-corrected chi connectivity index (χ1v) is 8.12. The van der Waals surface area contributed by atoms with E-state index in [1.165, 1.54) is 11.6 Å². The Hall–Kier alpha value is -2.82. The Morgan fingerprint density at radius 3 is 2.56 bits per heavy atom. The van der Waals surface area contributed by atoms with Crippen LogP contribution < -0.4 is 4.90 Å². The van der Waals surface area contributed by atoms with Crippen molar-refractivity contribution >= 4 is 17.4 Å². The highest BCUT2D eigenvalue weighted by molar-refractivity contribution is 5.95. The van der Waals surface area contributed by atoms with E-state index >= 15 is 0 Å². The van der Waals surface area contributed by atoms with Gasteiger partial charge in [0.15, 0.2) is 12.4 Å². The van der Waals surface area contributed by atoms with Crippen molar-refractivity contribution in [3.05, 3.63) is 65.3 Å². The van der Waals surface area contributed by atoms with Gasteiger partial charge >= 0.3 is 5.97 Å². The van der Waals surface area contributed by atoms with Gasteiger partial charge in [-0.3, -0.25) is 4.79 Å². The van der Waals surface area contributed by atoms with Gasteiger partial charge in [0.05, 0.1) is 0 Å². The van der Waals surface area contributed by atoms with E-state index in [1.54, 1.807) is 19.1 Å². The Morgan fingerprint density at radius 1 is 1.20 bits per heavy atom. The number of likely N-dealkylation sites (N-methyl/N-ethyl adjacent to an activating group) is 1. The van der Waals surface area contributed by atoms with Crippen molar-refractivity contribution < 1.29 is 18.7 Å². The topological polar surface area (TPSA) is 59.8 Å². The van der Waals surface area contributed by atoms with E-state index in [0.29, 0.717) is 5.76 Å². The van der Waals surface area contributed by atoms with Crippen LogP contribution in [0.5, 0.6) is 0 Å². The van der Waals surface area contributed by atoms with Crippen molar-refractivity contribution in [2.45, 2.75) is 26.2 Å². The molecule has 2 aromatic rings. The first-order chi connectivity index (χ1) is 11.8. The number of carbonyl (C=O) groups excluding carboxylic acids is 2. The van der Waals surface area contributed by atoms with Gasteiger partial charge in [0.25, 0.3) is 0 Å². The van der Waals surface area contributed by atoms with Crippen molar-refractivity contribution in [1.82, 2.24) is 0 Å². The molecular weight excluding hydrogens is 318 g/mol. The smallest absolute Gasteiger partial charge is 0.374 e. The fourth-order valence-corrected chi connectivity index (χ4v) is 3.21. The first-order valence-electron chi connectivity index (χ1n) is 8.12. The predicted octanol–water partition coefficient (Wildman–Crippen LogP) is 3.63. The van der Waals surface area contributed by atoms with Crippen LogP contribution in [-0.2, 0) is 14.9 Å². The maximum atomic E-state index is 12.3. The molecule has 0 bridgehead atoms. The van der Waals surface area contributed by atoms with E-state index in [1.807, 2.05) is 30.1 Å². The van der Waals surface area contributed by atoms with Crippen molar-refractivity contribution in [3.63, 3.8) is 0 Å². The number of ketones is 1. The second-order valence-electron chi connectivity index (χ2n) is 6.68. The zero-order valence-corrected chi connectivity index (χ0v) is 14.8. The maximum absolute atomic E-state index is 12.3. The highest BCUT2D eigenvalue weighted by atomic mass is 16.5. The lowest BCUT2D eigenvalue weighted by Crippen LogP contribution is -2.25. The van der Waals surface area contributed by atoms with Crippen LogP contribution in [0.1, 0.15) is 35.7 Å². The van der Waals surface area contributed by atoms with Gasteiger partial charge in [0.2, 0.25) is 5.76 Å². The van der Waals surface area contributed by atoms with Crippen LogP contribution >= 0.6 is 0 Å². The zero-order valence-electron chi connectivity index (χ0n) is 14.8. The average Bonchev–Trinajstić information content (AvgIpc) is 3.09. The standard InChI is InChI=1S/C20H21NO4/c1-13-9-10-17(25-13)19(23)24-12-14(22)11-18-20(2,3)15-7-5-6-8-16(15)21(18)4/h5-11H,12H2,1-4H3/b18-11+. The lowest BCUT2D eigenvalue weighted by Gasteiger charge is -2.23. The van der Waals surface area contributed by atoms with E-state index in [2.05, 4.69) is 19.9 Å². The molecule has 0 N–H and O–H groups in total. The number of furan rings is 1. The number of allylic oxidation sites excluding steroid dienone is 1. The van der Waals surface area contributed by atoms with Crippen molar-refractivity contribution in [1.29, 1.82) is 0 Å². The third-order valence-corrected chi connectivity index (χ3v) is 4.53. The molecule has 1 aromatic heterocycles. The van der Waals surface area contributed by atoms with Crippen LogP contribution in [0.3, 0.4) is 0 Å². The van der Waals surface area contributed by atoms with Crippen LogP contribution in [-0.4, -0.2) is 25.4 Å². The summed E-state index contributed by atoms with van der Waals surface area (Å²) in [6.07, 6.45) is 1.56. The van der Waals surface area contributed by atoms with Gasteiger partial charge in [-0.2, -0.15) is 0 Å². The summed E-state index contributed by atoms with van der Waals surface area (Å²) in [7, 11) is 1.93. The minimum atomic E-state index is -0.637. The Bertz CT molecular complexity index is 860. The summed E-state index contributed by atoms with van der Waals surface area (Å²) < 4.78 is 10.2. The van der Waals surface area contributed by atoms with E-state index in [4.69, 9.17) is 9.15 Å². The molecule has 0 atom stereocenters. The number of hydrogen-bond donors (Lipinski definition) is 0. The summed E-state index contributed by atoms with van der Waals surface area (Å²) in [5.41, 5.74) is 2.83. The third-order valence-electron chi connectivity index (χ3n) is 4.53. The number of para-hydroxylation sites is 1. The van der Waals surface area contributed by atoms with Gasteiger partial charge in [-0.15, -0.1) is 0 Å². The fraction of sp³-hybridized carbons (Fsp3) is 0.300. The molecule has 1 aliphatic rings. The van der Waals surface area contributed by atoms with Crippen molar-refractivity contribution in [2.75, 3.05) is 18.6 Å². The molecule has 5 heteroatoms. The number of hydrogen-bond acceptors (Lipinski definition) is 5. The van der Waals surface area contributed by atoms with E-state index in [9.17, 15) is 9.59 Å². The number of ether oxygens (including phenoxy) is 1. The lowest BCUT2D eigenvalue weighted by molar-refractivity contribution is -0.117. The van der Waals surface area contributed by atoms with E-state index in [0.717, 1.165) is 11.4 Å². The molecule has 0 radical (unpaired) electrons. The number of esters is 1. The van der Waals surface area contributed by atoms with Gasteiger partial charge in [-0.25, -0.2) is 4.79 Å². The van der Waals surface area contributed by atoms with Gasteiger partial charge in [0.1, 0.15) is 5.76 Å². The van der Waals surface area contributed by atoms with Crippen molar-refractivity contribution in [3.8, 4) is 0 Å². The van der Waals surface area contributed by atoms with E-state index in [-0.39, 0.29) is 23.6 Å². The number of fused-ring (bicyclic) bond motifs is 1. The molecule has 0 fully saturated rings. The number of nitrogens with zero attached hydrogens (tertiary/aromatic N) is 1. The molecule has 130 valence electrons. The Kier molecular flexibility index (Phi) is 4.25. The third kappa shape index (κ3) is 3.09. The number of benzene rings is 1. The molecule has 1 aromatic carbocycles. The molecule has 25 heavy (non-hydrogen) atoms. The first kappa shape index (κ1) is 17.0. The normalized spacial score (nSPS) is 16.8. The fourth-order valence-electron chi connectivity index (χ4n) is 3.21. The average molecular weight is 339 g/mol. The van der Waals surface area contributed by atoms with Crippen molar-refractivity contribution in [2.24, 2.45) is 0 Å². The molecular formula is C20H21NO4. The quantitative estimate of drug-likeness (QED) is 0.629. The number of aryl methyl sites for hydroxylation is 1. The Morgan fingerprint density at radius 2 is 1.92 bits per heavy atom. The van der Waals surface area contributed by atoms with E-state index < -0.39 is 5.97 Å². The molecule has 1 aliphatic heterocycles. The highest BCUT2D eigenvalue weighted by Crippen LogP contribution is 2.46.